The summed E-state index contributed by atoms with van der Waals surface area (Å²) in [5.74, 6) is -0.323. The smallest absolute Gasteiger partial charge is 0.323 e. The van der Waals surface area contributed by atoms with Crippen LogP contribution in [0.2, 0.25) is 5.02 Å². The van der Waals surface area contributed by atoms with Crippen molar-refractivity contribution in [2.24, 2.45) is 0 Å². The van der Waals surface area contributed by atoms with Crippen molar-refractivity contribution >= 4 is 23.5 Å². The van der Waals surface area contributed by atoms with E-state index in [1.54, 1.807) is 0 Å². The lowest BCUT2D eigenvalue weighted by atomic mass is 10.1. The molecular formula is C16H21ClN2O3. The Morgan fingerprint density at radius 3 is 2.77 bits per heavy atom. The summed E-state index contributed by atoms with van der Waals surface area (Å²) in [6.45, 7) is 1.56. The van der Waals surface area contributed by atoms with Gasteiger partial charge in [-0.2, -0.15) is 0 Å². The lowest BCUT2D eigenvalue weighted by Crippen LogP contribution is -2.43. The first kappa shape index (κ1) is 16.8. The first-order valence-corrected chi connectivity index (χ1v) is 7.81. The summed E-state index contributed by atoms with van der Waals surface area (Å²) in [5, 5.41) is 3.59. The van der Waals surface area contributed by atoms with E-state index in [2.05, 4.69) is 5.32 Å². The summed E-state index contributed by atoms with van der Waals surface area (Å²) in [7, 11) is 1.38. The van der Waals surface area contributed by atoms with E-state index in [0.717, 1.165) is 31.4 Å². The number of esters is 1. The normalized spacial score (nSPS) is 18.2. The maximum Gasteiger partial charge on any atom is 0.323 e. The summed E-state index contributed by atoms with van der Waals surface area (Å²) in [6.07, 6.45) is 2.42. The average molecular weight is 325 g/mol. The molecule has 1 amide bonds. The quantitative estimate of drug-likeness (QED) is 0.808. The van der Waals surface area contributed by atoms with E-state index in [-0.39, 0.29) is 24.5 Å². The number of rotatable bonds is 6. The molecule has 0 radical (unpaired) electrons. The van der Waals surface area contributed by atoms with Gasteiger partial charge in [-0.25, -0.2) is 0 Å². The molecule has 0 bridgehead atoms. The minimum absolute atomic E-state index is 0.0650. The summed E-state index contributed by atoms with van der Waals surface area (Å²) < 4.78 is 4.77. The number of amides is 1. The van der Waals surface area contributed by atoms with Gasteiger partial charge < -0.3 is 10.1 Å². The van der Waals surface area contributed by atoms with Crippen molar-refractivity contribution in [1.29, 1.82) is 0 Å². The molecule has 22 heavy (non-hydrogen) atoms. The zero-order chi connectivity index (χ0) is 15.9. The number of halogens is 1. The molecule has 1 aliphatic heterocycles. The molecule has 1 atom stereocenters. The number of nitrogens with one attached hydrogen (secondary N) is 1. The van der Waals surface area contributed by atoms with Gasteiger partial charge in [-0.1, -0.05) is 23.7 Å². The lowest BCUT2D eigenvalue weighted by molar-refractivity contribution is -0.146. The second-order valence-electron chi connectivity index (χ2n) is 5.38. The first-order valence-electron chi connectivity index (χ1n) is 7.43. The number of nitrogens with zero attached hydrogens (tertiary/aromatic N) is 1. The third-order valence-electron chi connectivity index (χ3n) is 3.83. The molecule has 5 nitrogen and oxygen atoms in total. The number of methoxy groups -OCH3 is 1. The van der Waals surface area contributed by atoms with Crippen LogP contribution in [0, 0.1) is 0 Å². The number of carbonyl (C=O) groups excluding carboxylic acids is 2. The highest BCUT2D eigenvalue weighted by molar-refractivity contribution is 6.30. The number of ether oxygens (including phenoxy) is 1. The molecule has 1 aliphatic rings. The Morgan fingerprint density at radius 2 is 2.09 bits per heavy atom. The fourth-order valence-corrected chi connectivity index (χ4v) is 2.78. The third-order valence-corrected chi connectivity index (χ3v) is 4.08. The Hall–Kier alpha value is -1.59. The van der Waals surface area contributed by atoms with Gasteiger partial charge in [0.05, 0.1) is 13.7 Å². The van der Waals surface area contributed by atoms with E-state index in [0.29, 0.717) is 11.6 Å². The highest BCUT2D eigenvalue weighted by Gasteiger charge is 2.32. The molecule has 0 saturated carbocycles. The molecule has 0 unspecified atom stereocenters. The van der Waals surface area contributed by atoms with Crippen LogP contribution in [-0.2, 0) is 20.7 Å². The van der Waals surface area contributed by atoms with E-state index in [1.807, 2.05) is 29.2 Å². The van der Waals surface area contributed by atoms with E-state index in [1.165, 1.54) is 7.11 Å². The Morgan fingerprint density at radius 1 is 1.36 bits per heavy atom. The SMILES string of the molecule is COC(=O)[C@H]1CCCN1CC(=O)NCCc1ccc(Cl)cc1. The van der Waals surface area contributed by atoms with Crippen molar-refractivity contribution < 1.29 is 14.3 Å². The van der Waals surface area contributed by atoms with E-state index in [4.69, 9.17) is 16.3 Å². The Balaban J connectivity index is 1.73. The van der Waals surface area contributed by atoms with Crippen molar-refractivity contribution in [3.8, 4) is 0 Å². The summed E-state index contributed by atoms with van der Waals surface area (Å²) in [5.41, 5.74) is 1.12. The Labute approximate surface area is 135 Å². The maximum atomic E-state index is 12.0. The molecule has 1 heterocycles. The average Bonchev–Trinajstić information content (AvgIpc) is 2.96. The van der Waals surface area contributed by atoms with Gasteiger partial charge in [0.15, 0.2) is 0 Å². The maximum absolute atomic E-state index is 12.0. The molecule has 0 aromatic heterocycles. The van der Waals surface area contributed by atoms with Crippen LogP contribution in [0.1, 0.15) is 18.4 Å². The molecule has 2 rings (SSSR count). The predicted molar refractivity (Wildman–Crippen MR) is 84.8 cm³/mol. The minimum atomic E-state index is -0.285. The molecule has 1 aromatic carbocycles. The molecule has 120 valence electrons. The van der Waals surface area contributed by atoms with E-state index in [9.17, 15) is 9.59 Å². The van der Waals surface area contributed by atoms with Gasteiger partial charge in [-0.05, 0) is 43.5 Å². The number of likely N-dealkylation sites (tertiary alicyclic amines) is 1. The van der Waals surface area contributed by atoms with Crippen LogP contribution in [0.25, 0.3) is 0 Å². The molecule has 1 fully saturated rings. The zero-order valence-electron chi connectivity index (χ0n) is 12.7. The van der Waals surface area contributed by atoms with E-state index < -0.39 is 0 Å². The topological polar surface area (TPSA) is 58.6 Å². The number of hydrogen-bond acceptors (Lipinski definition) is 4. The summed E-state index contributed by atoms with van der Waals surface area (Å²) >= 11 is 5.83. The highest BCUT2D eigenvalue weighted by atomic mass is 35.5. The first-order chi connectivity index (χ1) is 10.6. The van der Waals surface area contributed by atoms with Crippen molar-refractivity contribution in [1.82, 2.24) is 10.2 Å². The van der Waals surface area contributed by atoms with Crippen molar-refractivity contribution in [2.45, 2.75) is 25.3 Å². The molecule has 6 heteroatoms. The van der Waals surface area contributed by atoms with Gasteiger partial charge in [-0.15, -0.1) is 0 Å². The fourth-order valence-electron chi connectivity index (χ4n) is 2.66. The molecule has 0 spiro atoms. The summed E-state index contributed by atoms with van der Waals surface area (Å²) in [4.78, 5) is 25.5. The van der Waals surface area contributed by atoms with Crippen molar-refractivity contribution in [3.63, 3.8) is 0 Å². The van der Waals surface area contributed by atoms with Gasteiger partial charge in [-0.3, -0.25) is 14.5 Å². The second kappa shape index (κ2) is 8.15. The number of hydrogen-bond donors (Lipinski definition) is 1. The molecule has 0 aliphatic carbocycles. The molecule has 1 N–H and O–H groups in total. The van der Waals surface area contributed by atoms with Crippen molar-refractivity contribution in [2.75, 3.05) is 26.7 Å². The van der Waals surface area contributed by atoms with Gasteiger partial charge in [0.1, 0.15) is 6.04 Å². The molecular weight excluding hydrogens is 304 g/mol. The Bertz CT molecular complexity index is 519. The van der Waals surface area contributed by atoms with Gasteiger partial charge in [0, 0.05) is 11.6 Å². The highest BCUT2D eigenvalue weighted by Crippen LogP contribution is 2.17. The molecule has 1 aromatic rings. The zero-order valence-corrected chi connectivity index (χ0v) is 13.4. The fraction of sp³-hybridized carbons (Fsp3) is 0.500. The molecule has 1 saturated heterocycles. The van der Waals surface area contributed by atoms with Crippen LogP contribution in [0.4, 0.5) is 0 Å². The Kier molecular flexibility index (Phi) is 6.21. The number of benzene rings is 1. The van der Waals surface area contributed by atoms with Crippen LogP contribution in [-0.4, -0.2) is 49.6 Å². The minimum Gasteiger partial charge on any atom is -0.468 e. The van der Waals surface area contributed by atoms with Crippen LogP contribution >= 0.6 is 11.6 Å². The second-order valence-corrected chi connectivity index (χ2v) is 5.81. The monoisotopic (exact) mass is 324 g/mol. The third kappa shape index (κ3) is 4.71. The van der Waals surface area contributed by atoms with Crippen LogP contribution in [0.15, 0.2) is 24.3 Å². The van der Waals surface area contributed by atoms with Crippen LogP contribution < -0.4 is 5.32 Å². The van der Waals surface area contributed by atoms with Gasteiger partial charge in [0.2, 0.25) is 5.91 Å². The van der Waals surface area contributed by atoms with Crippen molar-refractivity contribution in [3.05, 3.63) is 34.9 Å². The number of carbonyl (C=O) groups is 2. The predicted octanol–water partition coefficient (Wildman–Crippen LogP) is 1.64. The lowest BCUT2D eigenvalue weighted by Gasteiger charge is -2.21. The largest absolute Gasteiger partial charge is 0.468 e. The van der Waals surface area contributed by atoms with E-state index >= 15 is 0 Å². The summed E-state index contributed by atoms with van der Waals surface area (Å²) in [6, 6.07) is 7.28. The van der Waals surface area contributed by atoms with Crippen LogP contribution in [0.5, 0.6) is 0 Å². The van der Waals surface area contributed by atoms with Crippen LogP contribution in [0.3, 0.4) is 0 Å². The van der Waals surface area contributed by atoms with Gasteiger partial charge in [0.25, 0.3) is 0 Å². The standard InChI is InChI=1S/C16H21ClN2O3/c1-22-16(21)14-3-2-10-19(14)11-15(20)18-9-8-12-4-6-13(17)7-5-12/h4-7,14H,2-3,8-11H2,1H3,(H,18,20)/t14-/m1/s1. The van der Waals surface area contributed by atoms with Gasteiger partial charge >= 0.3 is 5.97 Å².